The van der Waals surface area contributed by atoms with Crippen molar-refractivity contribution in [2.24, 2.45) is 17.8 Å². The van der Waals surface area contributed by atoms with Gasteiger partial charge in [-0.1, -0.05) is 129 Å². The Morgan fingerprint density at radius 1 is 0.750 bits per heavy atom. The summed E-state index contributed by atoms with van der Waals surface area (Å²) in [4.78, 5) is 12.5. The van der Waals surface area contributed by atoms with Gasteiger partial charge in [-0.2, -0.15) is 0 Å². The number of aliphatic hydroxyl groups excluding tert-OH is 1. The van der Waals surface area contributed by atoms with Gasteiger partial charge in [0.25, 0.3) is 0 Å². The topological polar surface area (TPSA) is 110 Å². The zero-order chi connectivity index (χ0) is 39.0. The number of unbranched alkanes of at least 4 members (excludes halogenated alkanes) is 2. The normalized spacial score (nSPS) is 19.5. The van der Waals surface area contributed by atoms with Crippen LogP contribution in [0.25, 0.3) is 0 Å². The molecule has 1 fully saturated rings. The second-order valence-electron chi connectivity index (χ2n) is 15.0. The zero-order valence-corrected chi connectivity index (χ0v) is 33.4. The Morgan fingerprint density at radius 3 is 2.04 bits per heavy atom. The van der Waals surface area contributed by atoms with Crippen LogP contribution < -0.4 is 4.74 Å². The Kier molecular flexibility index (Phi) is 16.2. The molecule has 0 spiro atoms. The van der Waals surface area contributed by atoms with E-state index in [9.17, 15) is 14.5 Å². The summed E-state index contributed by atoms with van der Waals surface area (Å²) in [6, 6.07) is 34.7. The van der Waals surface area contributed by atoms with Crippen molar-refractivity contribution >= 4 is 13.8 Å². The first-order valence-corrected chi connectivity index (χ1v) is 21.7. The maximum Gasteiger partial charge on any atom is 0.475 e. The Bertz CT molecular complexity index is 1760. The van der Waals surface area contributed by atoms with Gasteiger partial charge in [0, 0.05) is 0 Å². The molecule has 2 aliphatic carbocycles. The zero-order valence-electron chi connectivity index (χ0n) is 32.5. The van der Waals surface area contributed by atoms with Gasteiger partial charge in [-0.05, 0) is 90.2 Å². The number of phosphoric ester groups is 1. The van der Waals surface area contributed by atoms with E-state index in [2.05, 4.69) is 13.0 Å². The quantitative estimate of drug-likeness (QED) is 0.0447. The van der Waals surface area contributed by atoms with Crippen LogP contribution >= 0.6 is 7.82 Å². The number of ether oxygens (including phenoxy) is 3. The lowest BCUT2D eigenvalue weighted by atomic mass is 9.73. The number of phosphoric acid groups is 1. The molecule has 1 saturated carbocycles. The Hall–Kier alpha value is -3.82. The molecule has 9 nitrogen and oxygen atoms in total. The van der Waals surface area contributed by atoms with Crippen molar-refractivity contribution in [1.29, 1.82) is 0 Å². The highest BCUT2D eigenvalue weighted by atomic mass is 31.2. The summed E-state index contributed by atoms with van der Waals surface area (Å²) in [6.45, 7) is 2.77. The molecule has 300 valence electrons. The highest BCUT2D eigenvalue weighted by molar-refractivity contribution is 7.48. The third-order valence-electron chi connectivity index (χ3n) is 11.0. The van der Waals surface area contributed by atoms with E-state index in [1.54, 1.807) is 0 Å². The van der Waals surface area contributed by atoms with Crippen LogP contribution in [0, 0.1) is 17.8 Å². The molecule has 1 N–H and O–H groups in total. The van der Waals surface area contributed by atoms with Crippen LogP contribution in [0.2, 0.25) is 0 Å². The van der Waals surface area contributed by atoms with Crippen LogP contribution in [0.3, 0.4) is 0 Å². The van der Waals surface area contributed by atoms with Crippen LogP contribution in [0.4, 0.5) is 0 Å². The van der Waals surface area contributed by atoms with Crippen molar-refractivity contribution in [3.05, 3.63) is 137 Å². The fraction of sp³-hybridized carbons (Fsp3) is 0.457. The summed E-state index contributed by atoms with van der Waals surface area (Å²) >= 11 is 0. The van der Waals surface area contributed by atoms with Gasteiger partial charge in [-0.15, -0.1) is 0 Å². The number of benzene rings is 4. The predicted octanol–water partition coefficient (Wildman–Crippen LogP) is 9.82. The first-order chi connectivity index (χ1) is 27.4. The lowest BCUT2D eigenvalue weighted by molar-refractivity contribution is -0.147. The molecular formula is C46H57O9P. The summed E-state index contributed by atoms with van der Waals surface area (Å²) in [7, 11) is -3.89. The second kappa shape index (κ2) is 21.6. The van der Waals surface area contributed by atoms with Crippen molar-refractivity contribution in [3.8, 4) is 5.75 Å². The average Bonchev–Trinajstić information content (AvgIpc) is 3.54. The molecule has 5 atom stereocenters. The van der Waals surface area contributed by atoms with Crippen LogP contribution in [-0.4, -0.2) is 43.1 Å². The molecule has 0 amide bonds. The van der Waals surface area contributed by atoms with Gasteiger partial charge in [-0.3, -0.25) is 13.6 Å². The molecule has 0 bridgehead atoms. The minimum atomic E-state index is -3.89. The number of carbonyl (C=O) groups is 1. The standard InChI is InChI=1S/C46H57O9P/c1-2-3-7-22-40(50-26-27-53-56(49,54-32-36-17-10-5-11-18-36)55-33-37-19-12-6-13-20-37)24-25-41-42-28-38-21-14-23-45(43(38)29-39(42)30-44(41)47)51-34-46(48)52-31-35-15-8-4-9-16-35/h4-6,8-21,23,39-42,44,47H,2-3,7,22,24-34H2,1H3/t39-,40-,41+,42-,44+/m0/s1. The van der Waals surface area contributed by atoms with Gasteiger partial charge < -0.3 is 19.3 Å². The average molecular weight is 785 g/mol. The fourth-order valence-corrected chi connectivity index (χ4v) is 9.23. The van der Waals surface area contributed by atoms with E-state index < -0.39 is 13.8 Å². The minimum Gasteiger partial charge on any atom is -0.482 e. The van der Waals surface area contributed by atoms with Crippen LogP contribution in [-0.2, 0) is 65.1 Å². The van der Waals surface area contributed by atoms with Gasteiger partial charge in [0.15, 0.2) is 6.61 Å². The van der Waals surface area contributed by atoms with Crippen molar-refractivity contribution in [1.82, 2.24) is 0 Å². The fourth-order valence-electron chi connectivity index (χ4n) is 8.10. The third-order valence-corrected chi connectivity index (χ3v) is 12.4. The Labute approximate surface area is 332 Å². The summed E-state index contributed by atoms with van der Waals surface area (Å²) in [6.07, 6.45) is 7.91. The largest absolute Gasteiger partial charge is 0.482 e. The molecular weight excluding hydrogens is 727 g/mol. The predicted molar refractivity (Wildman–Crippen MR) is 216 cm³/mol. The lowest BCUT2D eigenvalue weighted by Gasteiger charge is -2.33. The van der Waals surface area contributed by atoms with Crippen molar-refractivity contribution < 1.29 is 42.2 Å². The third kappa shape index (κ3) is 12.6. The van der Waals surface area contributed by atoms with Crippen LogP contribution in [0.5, 0.6) is 5.75 Å². The van der Waals surface area contributed by atoms with E-state index in [1.165, 1.54) is 5.56 Å². The van der Waals surface area contributed by atoms with Crippen LogP contribution in [0.15, 0.2) is 109 Å². The van der Waals surface area contributed by atoms with Crippen molar-refractivity contribution in [3.63, 3.8) is 0 Å². The number of rotatable bonds is 23. The number of carbonyl (C=O) groups excluding carboxylic acids is 1. The van der Waals surface area contributed by atoms with E-state index >= 15 is 0 Å². The van der Waals surface area contributed by atoms with E-state index in [1.807, 2.05) is 103 Å². The maximum atomic E-state index is 13.8. The molecule has 56 heavy (non-hydrogen) atoms. The number of hydrogen-bond acceptors (Lipinski definition) is 9. The van der Waals surface area contributed by atoms with Gasteiger partial charge >= 0.3 is 13.8 Å². The Balaban J connectivity index is 1.00. The summed E-state index contributed by atoms with van der Waals surface area (Å²) < 4.78 is 49.0. The second-order valence-corrected chi connectivity index (χ2v) is 16.7. The molecule has 10 heteroatoms. The highest BCUT2D eigenvalue weighted by Crippen LogP contribution is 2.51. The van der Waals surface area contributed by atoms with Gasteiger partial charge in [0.1, 0.15) is 12.4 Å². The summed E-state index contributed by atoms with van der Waals surface area (Å²) in [5, 5.41) is 11.4. The summed E-state index contributed by atoms with van der Waals surface area (Å²) in [5.41, 5.74) is 5.03. The molecule has 0 radical (unpaired) electrons. The molecule has 0 heterocycles. The monoisotopic (exact) mass is 784 g/mol. The van der Waals surface area contributed by atoms with Crippen LogP contribution in [0.1, 0.15) is 79.7 Å². The first-order valence-electron chi connectivity index (χ1n) is 20.2. The Morgan fingerprint density at radius 2 is 1.39 bits per heavy atom. The molecule has 0 unspecified atom stereocenters. The van der Waals surface area contributed by atoms with Gasteiger partial charge in [0.05, 0.1) is 38.6 Å². The molecule has 4 aromatic carbocycles. The highest BCUT2D eigenvalue weighted by Gasteiger charge is 2.45. The number of aliphatic hydroxyl groups is 1. The molecule has 6 rings (SSSR count). The number of hydrogen-bond donors (Lipinski definition) is 1. The maximum absolute atomic E-state index is 13.8. The molecule has 0 aromatic heterocycles. The number of esters is 1. The summed E-state index contributed by atoms with van der Waals surface area (Å²) in [5.74, 6) is 1.18. The van der Waals surface area contributed by atoms with Gasteiger partial charge in [0.2, 0.25) is 0 Å². The van der Waals surface area contributed by atoms with Crippen molar-refractivity contribution in [2.45, 2.75) is 96.7 Å². The molecule has 0 aliphatic heterocycles. The molecule has 2 aliphatic rings. The lowest BCUT2D eigenvalue weighted by Crippen LogP contribution is -2.28. The first kappa shape index (κ1) is 41.8. The van der Waals surface area contributed by atoms with Gasteiger partial charge in [-0.25, -0.2) is 9.36 Å². The molecule has 0 saturated heterocycles. The van der Waals surface area contributed by atoms with Crippen molar-refractivity contribution in [2.75, 3.05) is 19.8 Å². The minimum absolute atomic E-state index is 0.0104. The smallest absolute Gasteiger partial charge is 0.475 e. The van der Waals surface area contributed by atoms with E-state index in [0.717, 1.165) is 85.8 Å². The van der Waals surface area contributed by atoms with E-state index in [0.29, 0.717) is 11.8 Å². The van der Waals surface area contributed by atoms with E-state index in [4.69, 9.17) is 27.8 Å². The van der Waals surface area contributed by atoms with E-state index in [-0.39, 0.29) is 57.8 Å². The SMILES string of the molecule is CCCCC[C@@H](CC[C@@H]1[C@H]2Cc3cccc(OCC(=O)OCc4ccccc4)c3C[C@H]2C[C@H]1O)OCCOP(=O)(OCc1ccccc1)OCc1ccccc1. The number of fused-ring (bicyclic) bond motifs is 2. The molecule has 4 aromatic rings.